The molecule has 1 saturated heterocycles. The molecule has 0 atom stereocenters. The maximum absolute atomic E-state index is 13.2. The van der Waals surface area contributed by atoms with Crippen LogP contribution in [0.3, 0.4) is 0 Å². The van der Waals surface area contributed by atoms with Crippen molar-refractivity contribution in [1.29, 1.82) is 0 Å². The maximum atomic E-state index is 13.2. The lowest BCUT2D eigenvalue weighted by Crippen LogP contribution is -2.46. The summed E-state index contributed by atoms with van der Waals surface area (Å²) in [5, 5.41) is 10.7. The predicted octanol–water partition coefficient (Wildman–Crippen LogP) is 2.19. The van der Waals surface area contributed by atoms with E-state index < -0.39 is 0 Å². The molecule has 0 radical (unpaired) electrons. The number of amides is 1. The molecule has 148 valence electrons. The van der Waals surface area contributed by atoms with Crippen LogP contribution in [-0.2, 0) is 0 Å². The van der Waals surface area contributed by atoms with Crippen LogP contribution in [0.15, 0.2) is 30.5 Å². The van der Waals surface area contributed by atoms with E-state index in [4.69, 9.17) is 0 Å². The van der Waals surface area contributed by atoms with Gasteiger partial charge in [-0.05, 0) is 30.2 Å². The van der Waals surface area contributed by atoms with E-state index in [-0.39, 0.29) is 30.0 Å². The lowest BCUT2D eigenvalue weighted by atomic mass is 10.0. The molecule has 0 unspecified atom stereocenters. The number of benzene rings is 1. The van der Waals surface area contributed by atoms with Crippen molar-refractivity contribution < 1.29 is 9.18 Å². The van der Waals surface area contributed by atoms with Crippen LogP contribution < -0.4 is 10.6 Å². The van der Waals surface area contributed by atoms with Gasteiger partial charge < -0.3 is 10.6 Å². The number of halogens is 2. The maximum Gasteiger partial charge on any atom is 0.254 e. The van der Waals surface area contributed by atoms with Crippen LogP contribution >= 0.6 is 12.4 Å². The second-order valence-electron chi connectivity index (χ2n) is 6.83. The van der Waals surface area contributed by atoms with Crippen LogP contribution in [0.5, 0.6) is 0 Å². The molecular formula is C19H27ClFN5O. The van der Waals surface area contributed by atoms with Gasteiger partial charge in [-0.25, -0.2) is 9.07 Å². The van der Waals surface area contributed by atoms with Gasteiger partial charge in [0, 0.05) is 39.3 Å². The Morgan fingerprint density at radius 3 is 2.56 bits per heavy atom. The number of hydrogen-bond donors (Lipinski definition) is 2. The molecule has 1 fully saturated rings. The minimum Gasteiger partial charge on any atom is -0.351 e. The van der Waals surface area contributed by atoms with Gasteiger partial charge in [0.25, 0.3) is 5.91 Å². The number of piperazine rings is 1. The first-order chi connectivity index (χ1) is 12.6. The third-order valence-electron chi connectivity index (χ3n) is 4.59. The van der Waals surface area contributed by atoms with Crippen LogP contribution in [0, 0.1) is 5.82 Å². The summed E-state index contributed by atoms with van der Waals surface area (Å²) in [4.78, 5) is 15.0. The van der Waals surface area contributed by atoms with Gasteiger partial charge >= 0.3 is 0 Å². The van der Waals surface area contributed by atoms with Crippen molar-refractivity contribution in [2.75, 3.05) is 39.3 Å². The average molecular weight is 396 g/mol. The standard InChI is InChI=1S/C19H26FN5O.ClH/c1-14(2)18-17(13-23-25(18)16-5-3-15(20)4-6-16)19(26)22-9-12-24-10-7-21-8-11-24;/h3-6,13-14,21H,7-12H2,1-2H3,(H,22,26);1H. The zero-order chi connectivity index (χ0) is 18.5. The highest BCUT2D eigenvalue weighted by Gasteiger charge is 2.21. The highest BCUT2D eigenvalue weighted by molar-refractivity contribution is 5.95. The number of nitrogens with zero attached hydrogens (tertiary/aromatic N) is 3. The van der Waals surface area contributed by atoms with E-state index in [0.29, 0.717) is 12.1 Å². The van der Waals surface area contributed by atoms with Crippen molar-refractivity contribution in [3.63, 3.8) is 0 Å². The summed E-state index contributed by atoms with van der Waals surface area (Å²) < 4.78 is 14.9. The van der Waals surface area contributed by atoms with Crippen molar-refractivity contribution in [2.24, 2.45) is 0 Å². The summed E-state index contributed by atoms with van der Waals surface area (Å²) in [5.74, 6) is -0.299. The van der Waals surface area contributed by atoms with E-state index in [1.54, 1.807) is 23.0 Å². The SMILES string of the molecule is CC(C)c1c(C(=O)NCCN2CCNCC2)cnn1-c1ccc(F)cc1.Cl. The molecule has 1 aliphatic rings. The van der Waals surface area contributed by atoms with Gasteiger partial charge in [0.2, 0.25) is 0 Å². The van der Waals surface area contributed by atoms with E-state index >= 15 is 0 Å². The molecule has 0 aliphatic carbocycles. The van der Waals surface area contributed by atoms with Gasteiger partial charge in [0.05, 0.1) is 23.1 Å². The molecule has 6 nitrogen and oxygen atoms in total. The van der Waals surface area contributed by atoms with Crippen LogP contribution in [0.4, 0.5) is 4.39 Å². The van der Waals surface area contributed by atoms with E-state index in [2.05, 4.69) is 20.6 Å². The van der Waals surface area contributed by atoms with Gasteiger partial charge in [0.15, 0.2) is 0 Å². The van der Waals surface area contributed by atoms with Gasteiger partial charge in [0.1, 0.15) is 5.82 Å². The molecule has 1 aromatic carbocycles. The van der Waals surface area contributed by atoms with Crippen LogP contribution in [0.2, 0.25) is 0 Å². The van der Waals surface area contributed by atoms with Crippen molar-refractivity contribution >= 4 is 18.3 Å². The molecule has 0 spiro atoms. The summed E-state index contributed by atoms with van der Waals surface area (Å²) in [7, 11) is 0. The molecule has 2 heterocycles. The Labute approximate surface area is 165 Å². The first-order valence-corrected chi connectivity index (χ1v) is 9.11. The lowest BCUT2D eigenvalue weighted by Gasteiger charge is -2.27. The fraction of sp³-hybridized carbons (Fsp3) is 0.474. The van der Waals surface area contributed by atoms with Crippen LogP contribution in [0.1, 0.15) is 35.8 Å². The van der Waals surface area contributed by atoms with Gasteiger partial charge in [-0.1, -0.05) is 13.8 Å². The molecule has 0 bridgehead atoms. The number of carbonyl (C=O) groups is 1. The van der Waals surface area contributed by atoms with Crippen LogP contribution in [-0.4, -0.2) is 59.9 Å². The normalized spacial score (nSPS) is 14.8. The quantitative estimate of drug-likeness (QED) is 0.787. The second kappa shape index (κ2) is 9.82. The van der Waals surface area contributed by atoms with E-state index in [1.807, 2.05) is 13.8 Å². The fourth-order valence-corrected chi connectivity index (χ4v) is 3.23. The molecule has 27 heavy (non-hydrogen) atoms. The van der Waals surface area contributed by atoms with Gasteiger partial charge in [-0.15, -0.1) is 12.4 Å². The average Bonchev–Trinajstić information content (AvgIpc) is 3.08. The Balaban J connectivity index is 0.00000261. The van der Waals surface area contributed by atoms with Crippen LogP contribution in [0.25, 0.3) is 5.69 Å². The third-order valence-corrected chi connectivity index (χ3v) is 4.59. The zero-order valence-electron chi connectivity index (χ0n) is 15.7. The Morgan fingerprint density at radius 2 is 1.93 bits per heavy atom. The number of nitrogens with one attached hydrogen (secondary N) is 2. The molecule has 1 aromatic heterocycles. The summed E-state index contributed by atoms with van der Waals surface area (Å²) in [6.07, 6.45) is 1.60. The van der Waals surface area contributed by atoms with Crippen molar-refractivity contribution in [3.05, 3.63) is 47.5 Å². The molecular weight excluding hydrogens is 369 g/mol. The third kappa shape index (κ3) is 5.28. The lowest BCUT2D eigenvalue weighted by molar-refractivity contribution is 0.0946. The molecule has 2 aromatic rings. The Hall–Kier alpha value is -1.96. The molecule has 3 rings (SSSR count). The summed E-state index contributed by atoms with van der Waals surface area (Å²) in [6, 6.07) is 6.13. The fourth-order valence-electron chi connectivity index (χ4n) is 3.23. The van der Waals surface area contributed by atoms with E-state index in [0.717, 1.165) is 44.1 Å². The van der Waals surface area contributed by atoms with Gasteiger partial charge in [-0.2, -0.15) is 5.10 Å². The highest BCUT2D eigenvalue weighted by atomic mass is 35.5. The number of rotatable bonds is 6. The van der Waals surface area contributed by atoms with E-state index in [1.165, 1.54) is 12.1 Å². The highest BCUT2D eigenvalue weighted by Crippen LogP contribution is 2.23. The molecule has 8 heteroatoms. The van der Waals surface area contributed by atoms with E-state index in [9.17, 15) is 9.18 Å². The first kappa shape index (κ1) is 21.3. The Morgan fingerprint density at radius 1 is 1.26 bits per heavy atom. The summed E-state index contributed by atoms with van der Waals surface area (Å²) in [5.41, 5.74) is 2.15. The first-order valence-electron chi connectivity index (χ1n) is 9.11. The Bertz CT molecular complexity index is 741. The summed E-state index contributed by atoms with van der Waals surface area (Å²) in [6.45, 7) is 9.51. The Kier molecular flexibility index (Phi) is 7.77. The monoisotopic (exact) mass is 395 g/mol. The van der Waals surface area contributed by atoms with Crippen molar-refractivity contribution in [1.82, 2.24) is 25.3 Å². The molecule has 1 amide bonds. The topological polar surface area (TPSA) is 62.2 Å². The minimum atomic E-state index is -0.294. The predicted molar refractivity (Wildman–Crippen MR) is 107 cm³/mol. The van der Waals surface area contributed by atoms with Crippen molar-refractivity contribution in [3.8, 4) is 5.69 Å². The summed E-state index contributed by atoms with van der Waals surface area (Å²) >= 11 is 0. The van der Waals surface area contributed by atoms with Crippen molar-refractivity contribution in [2.45, 2.75) is 19.8 Å². The van der Waals surface area contributed by atoms with Gasteiger partial charge in [-0.3, -0.25) is 9.69 Å². The molecule has 1 aliphatic heterocycles. The number of carbonyl (C=O) groups excluding carboxylic acids is 1. The smallest absolute Gasteiger partial charge is 0.254 e. The number of hydrogen-bond acceptors (Lipinski definition) is 4. The zero-order valence-corrected chi connectivity index (χ0v) is 16.6. The minimum absolute atomic E-state index is 0. The largest absolute Gasteiger partial charge is 0.351 e. The second-order valence-corrected chi connectivity index (χ2v) is 6.83. The molecule has 0 saturated carbocycles. The number of aromatic nitrogens is 2. The molecule has 2 N–H and O–H groups in total.